The van der Waals surface area contributed by atoms with Crippen molar-refractivity contribution in [3.63, 3.8) is 0 Å². The Morgan fingerprint density at radius 3 is 2.82 bits per heavy atom. The molecule has 2 unspecified atom stereocenters. The van der Waals surface area contributed by atoms with E-state index in [1.807, 2.05) is 0 Å². The summed E-state index contributed by atoms with van der Waals surface area (Å²) < 4.78 is 9.61. The van der Waals surface area contributed by atoms with Crippen LogP contribution in [-0.2, 0) is 19.1 Å². The van der Waals surface area contributed by atoms with E-state index in [2.05, 4.69) is 5.32 Å². The number of carbonyl (C=O) groups excluding carboxylic acids is 2. The van der Waals surface area contributed by atoms with Gasteiger partial charge in [0.2, 0.25) is 0 Å². The molecule has 1 N–H and O–H groups in total. The third-order valence-corrected chi connectivity index (χ3v) is 3.03. The highest BCUT2D eigenvalue weighted by Gasteiger charge is 2.27. The van der Waals surface area contributed by atoms with E-state index in [9.17, 15) is 9.59 Å². The van der Waals surface area contributed by atoms with Crippen molar-refractivity contribution < 1.29 is 19.1 Å². The Kier molecular flexibility index (Phi) is 5.97. The lowest BCUT2D eigenvalue weighted by Gasteiger charge is -2.28. The number of methoxy groups -OCH3 is 1. The molecule has 0 aromatic heterocycles. The fourth-order valence-corrected chi connectivity index (χ4v) is 2.13. The predicted octanol–water partition coefficient (Wildman–Crippen LogP) is 0.871. The monoisotopic (exact) mass is 243 g/mol. The van der Waals surface area contributed by atoms with Crippen LogP contribution in [0.3, 0.4) is 0 Å². The first-order valence-electron chi connectivity index (χ1n) is 6.14. The lowest BCUT2D eigenvalue weighted by Crippen LogP contribution is -2.41. The van der Waals surface area contributed by atoms with Gasteiger partial charge in [0.1, 0.15) is 0 Å². The van der Waals surface area contributed by atoms with Gasteiger partial charge in [0.15, 0.2) is 0 Å². The summed E-state index contributed by atoms with van der Waals surface area (Å²) in [5.74, 6) is -0.351. The van der Waals surface area contributed by atoms with Crippen LogP contribution >= 0.6 is 0 Å². The molecular weight excluding hydrogens is 222 g/mol. The predicted molar refractivity (Wildman–Crippen MR) is 62.4 cm³/mol. The topological polar surface area (TPSA) is 64.6 Å². The minimum Gasteiger partial charge on any atom is -0.469 e. The van der Waals surface area contributed by atoms with Gasteiger partial charge in [-0.1, -0.05) is 0 Å². The van der Waals surface area contributed by atoms with Crippen LogP contribution < -0.4 is 5.32 Å². The molecule has 1 fully saturated rings. The van der Waals surface area contributed by atoms with Gasteiger partial charge in [-0.15, -0.1) is 0 Å². The van der Waals surface area contributed by atoms with Crippen LogP contribution in [-0.4, -0.2) is 38.2 Å². The lowest BCUT2D eigenvalue weighted by atomic mass is 9.90. The SMILES string of the molecule is CCOC(=O)CCC1CC(C(=O)OC)CCN1. The van der Waals surface area contributed by atoms with Crippen LogP contribution in [0.15, 0.2) is 0 Å². The molecule has 5 heteroatoms. The van der Waals surface area contributed by atoms with E-state index in [-0.39, 0.29) is 23.9 Å². The first-order chi connectivity index (χ1) is 8.17. The summed E-state index contributed by atoms with van der Waals surface area (Å²) in [4.78, 5) is 22.6. The third kappa shape index (κ3) is 4.73. The van der Waals surface area contributed by atoms with E-state index in [1.54, 1.807) is 6.92 Å². The average Bonchev–Trinajstić information content (AvgIpc) is 2.36. The van der Waals surface area contributed by atoms with Gasteiger partial charge in [0, 0.05) is 12.5 Å². The molecule has 0 radical (unpaired) electrons. The van der Waals surface area contributed by atoms with Crippen molar-refractivity contribution in [1.82, 2.24) is 5.32 Å². The Hall–Kier alpha value is -1.10. The summed E-state index contributed by atoms with van der Waals surface area (Å²) in [5, 5.41) is 3.31. The smallest absolute Gasteiger partial charge is 0.308 e. The van der Waals surface area contributed by atoms with Crippen molar-refractivity contribution in [3.8, 4) is 0 Å². The molecule has 2 atom stereocenters. The second-order valence-electron chi connectivity index (χ2n) is 4.24. The van der Waals surface area contributed by atoms with Crippen LogP contribution in [0.1, 0.15) is 32.6 Å². The zero-order valence-corrected chi connectivity index (χ0v) is 10.5. The molecule has 0 aliphatic carbocycles. The highest BCUT2D eigenvalue weighted by Crippen LogP contribution is 2.20. The number of carbonyl (C=O) groups is 2. The number of nitrogens with one attached hydrogen (secondary N) is 1. The van der Waals surface area contributed by atoms with Crippen LogP contribution in [0.2, 0.25) is 0 Å². The van der Waals surface area contributed by atoms with Gasteiger partial charge >= 0.3 is 11.9 Å². The summed E-state index contributed by atoms with van der Waals surface area (Å²) in [6, 6.07) is 0.206. The molecule has 98 valence electrons. The molecule has 0 aromatic carbocycles. The molecule has 0 saturated carbocycles. The Morgan fingerprint density at radius 2 is 2.18 bits per heavy atom. The van der Waals surface area contributed by atoms with Gasteiger partial charge in [0.05, 0.1) is 19.6 Å². The quantitative estimate of drug-likeness (QED) is 0.726. The first-order valence-corrected chi connectivity index (χ1v) is 6.14. The molecule has 0 aromatic rings. The van der Waals surface area contributed by atoms with E-state index >= 15 is 0 Å². The Morgan fingerprint density at radius 1 is 1.41 bits per heavy atom. The third-order valence-electron chi connectivity index (χ3n) is 3.03. The fraction of sp³-hybridized carbons (Fsp3) is 0.833. The minimum absolute atomic E-state index is 0.0338. The zero-order valence-electron chi connectivity index (χ0n) is 10.5. The van der Waals surface area contributed by atoms with E-state index in [0.29, 0.717) is 19.4 Å². The molecular formula is C12H21NO4. The van der Waals surface area contributed by atoms with E-state index < -0.39 is 0 Å². The lowest BCUT2D eigenvalue weighted by molar-refractivity contribution is -0.146. The minimum atomic E-state index is -0.172. The summed E-state index contributed by atoms with van der Waals surface area (Å²) in [6.07, 6.45) is 2.67. The maximum Gasteiger partial charge on any atom is 0.308 e. The normalized spacial score (nSPS) is 24.1. The first kappa shape index (κ1) is 14.0. The maximum absolute atomic E-state index is 11.4. The largest absolute Gasteiger partial charge is 0.469 e. The molecule has 1 saturated heterocycles. The molecule has 0 bridgehead atoms. The molecule has 17 heavy (non-hydrogen) atoms. The summed E-state index contributed by atoms with van der Waals surface area (Å²) in [6.45, 7) is 3.01. The van der Waals surface area contributed by atoms with Crippen molar-refractivity contribution >= 4 is 11.9 Å². The van der Waals surface area contributed by atoms with Gasteiger partial charge in [-0.3, -0.25) is 9.59 Å². The summed E-state index contributed by atoms with van der Waals surface area (Å²) in [5.41, 5.74) is 0. The number of hydrogen-bond donors (Lipinski definition) is 1. The highest BCUT2D eigenvalue weighted by molar-refractivity contribution is 5.72. The van der Waals surface area contributed by atoms with Crippen LogP contribution in [0.5, 0.6) is 0 Å². The number of esters is 2. The van der Waals surface area contributed by atoms with Crippen LogP contribution in [0.4, 0.5) is 0 Å². The molecule has 1 heterocycles. The van der Waals surface area contributed by atoms with E-state index in [1.165, 1.54) is 7.11 Å². The second kappa shape index (κ2) is 7.27. The number of rotatable bonds is 5. The van der Waals surface area contributed by atoms with Gasteiger partial charge in [0.25, 0.3) is 0 Å². The van der Waals surface area contributed by atoms with Crippen LogP contribution in [0.25, 0.3) is 0 Å². The number of hydrogen-bond acceptors (Lipinski definition) is 5. The van der Waals surface area contributed by atoms with Crippen molar-refractivity contribution in [2.24, 2.45) is 5.92 Å². The van der Waals surface area contributed by atoms with Gasteiger partial charge in [-0.25, -0.2) is 0 Å². The average molecular weight is 243 g/mol. The van der Waals surface area contributed by atoms with E-state index in [0.717, 1.165) is 19.4 Å². The molecule has 5 nitrogen and oxygen atoms in total. The van der Waals surface area contributed by atoms with Crippen molar-refractivity contribution in [3.05, 3.63) is 0 Å². The summed E-state index contributed by atoms with van der Waals surface area (Å²) in [7, 11) is 1.41. The number of piperidine rings is 1. The molecule has 0 amide bonds. The van der Waals surface area contributed by atoms with Gasteiger partial charge < -0.3 is 14.8 Å². The Labute approximate surface area is 102 Å². The van der Waals surface area contributed by atoms with Crippen LogP contribution in [0, 0.1) is 5.92 Å². The maximum atomic E-state index is 11.4. The molecule has 1 aliphatic rings. The van der Waals surface area contributed by atoms with Crippen molar-refractivity contribution in [1.29, 1.82) is 0 Å². The van der Waals surface area contributed by atoms with Crippen molar-refractivity contribution in [2.45, 2.75) is 38.6 Å². The number of ether oxygens (including phenoxy) is 2. The second-order valence-corrected chi connectivity index (χ2v) is 4.24. The zero-order chi connectivity index (χ0) is 12.7. The Bertz CT molecular complexity index is 267. The standard InChI is InChI=1S/C12H21NO4/c1-3-17-11(14)5-4-10-8-9(6-7-13-10)12(15)16-2/h9-10,13H,3-8H2,1-2H3. The van der Waals surface area contributed by atoms with Crippen molar-refractivity contribution in [2.75, 3.05) is 20.3 Å². The van der Waals surface area contributed by atoms with Gasteiger partial charge in [-0.2, -0.15) is 0 Å². The fourth-order valence-electron chi connectivity index (χ4n) is 2.13. The highest BCUT2D eigenvalue weighted by atomic mass is 16.5. The summed E-state index contributed by atoms with van der Waals surface area (Å²) >= 11 is 0. The van der Waals surface area contributed by atoms with Gasteiger partial charge in [-0.05, 0) is 32.7 Å². The van der Waals surface area contributed by atoms with E-state index in [4.69, 9.17) is 9.47 Å². The molecule has 0 spiro atoms. The molecule has 1 rings (SSSR count). The molecule has 1 aliphatic heterocycles. The Balaban J connectivity index is 2.29.